The highest BCUT2D eigenvalue weighted by molar-refractivity contribution is 8.26. The molecule has 0 aliphatic carbocycles. The van der Waals surface area contributed by atoms with Gasteiger partial charge < -0.3 is 4.90 Å². The molecule has 10 heteroatoms. The van der Waals surface area contributed by atoms with Gasteiger partial charge in [-0.3, -0.25) is 14.2 Å². The smallest absolute Gasteiger partial charge is 0.375 e. The Morgan fingerprint density at radius 2 is 2.17 bits per heavy atom. The van der Waals surface area contributed by atoms with Crippen LogP contribution in [0.15, 0.2) is 22.8 Å². The summed E-state index contributed by atoms with van der Waals surface area (Å²) in [6, 6.07) is 0. The van der Waals surface area contributed by atoms with Gasteiger partial charge in [0.05, 0.1) is 11.5 Å². The Morgan fingerprint density at radius 3 is 2.79 bits per heavy atom. The highest BCUT2D eigenvalue weighted by Gasteiger charge is 2.30. The maximum absolute atomic E-state index is 12.1. The van der Waals surface area contributed by atoms with E-state index in [1.54, 1.807) is 11.0 Å². The van der Waals surface area contributed by atoms with Crippen molar-refractivity contribution in [2.75, 3.05) is 26.2 Å². The summed E-state index contributed by atoms with van der Waals surface area (Å²) in [5, 5.41) is 0. The second-order valence-corrected chi connectivity index (χ2v) is 8.07. The summed E-state index contributed by atoms with van der Waals surface area (Å²) < 4.78 is 34.4. The first-order chi connectivity index (χ1) is 11.3. The number of amides is 1. The van der Waals surface area contributed by atoms with Crippen molar-refractivity contribution in [2.45, 2.75) is 26.2 Å². The largest absolute Gasteiger partial charge is 0.397 e. The molecular formula is C14H20N2O5S3. The van der Waals surface area contributed by atoms with E-state index in [4.69, 9.17) is 16.8 Å². The van der Waals surface area contributed by atoms with Crippen molar-refractivity contribution >= 4 is 44.6 Å². The number of allylic oxidation sites excluding steroid dienone is 3. The second kappa shape index (κ2) is 8.43. The number of carbonyl (C=O) groups is 1. The molecule has 0 aromatic heterocycles. The van der Waals surface area contributed by atoms with Gasteiger partial charge in [-0.25, -0.2) is 4.18 Å². The molecule has 2 rings (SSSR count). The van der Waals surface area contributed by atoms with Crippen LogP contribution in [0.5, 0.6) is 0 Å². The molecule has 0 unspecified atom stereocenters. The number of hydrogen-bond donors (Lipinski definition) is 1. The molecule has 1 amide bonds. The Balaban J connectivity index is 1.93. The molecule has 134 valence electrons. The minimum atomic E-state index is -4.37. The van der Waals surface area contributed by atoms with Crippen LogP contribution in [0, 0.1) is 0 Å². The van der Waals surface area contributed by atoms with E-state index in [2.05, 4.69) is 9.08 Å². The van der Waals surface area contributed by atoms with E-state index in [-0.39, 0.29) is 12.5 Å². The summed E-state index contributed by atoms with van der Waals surface area (Å²) in [6.45, 7) is 3.91. The van der Waals surface area contributed by atoms with Gasteiger partial charge in [-0.05, 0) is 38.3 Å². The SMILES string of the molecule is CCN1C(=O)/C(=C\C=C2/CCCN2CCCOS(=O)(=O)O)SC1=S. The highest BCUT2D eigenvalue weighted by atomic mass is 32.3. The first kappa shape index (κ1) is 19.4. The molecule has 2 aliphatic heterocycles. The van der Waals surface area contributed by atoms with Gasteiger partial charge in [0.2, 0.25) is 0 Å². The second-order valence-electron chi connectivity index (χ2n) is 5.30. The topological polar surface area (TPSA) is 87.2 Å². The number of likely N-dealkylation sites (N-methyl/N-ethyl adjacent to an activating group) is 1. The van der Waals surface area contributed by atoms with Gasteiger partial charge in [0.15, 0.2) is 0 Å². The lowest BCUT2D eigenvalue weighted by molar-refractivity contribution is -0.122. The Bertz CT molecular complexity index is 672. The number of thioether (sulfide) groups is 1. The summed E-state index contributed by atoms with van der Waals surface area (Å²) in [5.74, 6) is -0.0598. The number of rotatable bonds is 7. The molecule has 2 heterocycles. The molecule has 0 radical (unpaired) electrons. The molecule has 0 aromatic carbocycles. The molecule has 0 spiro atoms. The van der Waals surface area contributed by atoms with E-state index in [1.807, 2.05) is 13.0 Å². The summed E-state index contributed by atoms with van der Waals surface area (Å²) in [6.07, 6.45) is 6.13. The summed E-state index contributed by atoms with van der Waals surface area (Å²) >= 11 is 6.49. The van der Waals surface area contributed by atoms with Crippen molar-refractivity contribution < 1.29 is 21.9 Å². The van der Waals surface area contributed by atoms with Gasteiger partial charge >= 0.3 is 10.4 Å². The van der Waals surface area contributed by atoms with E-state index >= 15 is 0 Å². The van der Waals surface area contributed by atoms with Gasteiger partial charge in [0, 0.05) is 25.3 Å². The first-order valence-electron chi connectivity index (χ1n) is 7.63. The zero-order valence-electron chi connectivity index (χ0n) is 13.3. The van der Waals surface area contributed by atoms with Crippen molar-refractivity contribution in [2.24, 2.45) is 0 Å². The van der Waals surface area contributed by atoms with Crippen molar-refractivity contribution in [1.29, 1.82) is 0 Å². The van der Waals surface area contributed by atoms with Gasteiger partial charge in [-0.2, -0.15) is 8.42 Å². The van der Waals surface area contributed by atoms with Crippen molar-refractivity contribution in [1.82, 2.24) is 9.80 Å². The number of carbonyl (C=O) groups excluding carboxylic acids is 1. The zero-order valence-corrected chi connectivity index (χ0v) is 15.8. The molecule has 2 aliphatic rings. The fourth-order valence-electron chi connectivity index (χ4n) is 2.58. The predicted molar refractivity (Wildman–Crippen MR) is 96.7 cm³/mol. The standard InChI is InChI=1S/C14H20N2O5S3/c1-2-16-13(17)12(23-14(16)22)7-6-11-5-3-8-15(11)9-4-10-21-24(18,19)20/h6-7H,2-5,8-10H2,1H3,(H,18,19,20)/b11-6+,12-7+. The van der Waals surface area contributed by atoms with E-state index in [1.165, 1.54) is 11.8 Å². The molecule has 2 fully saturated rings. The van der Waals surface area contributed by atoms with E-state index in [0.29, 0.717) is 28.7 Å². The van der Waals surface area contributed by atoms with Crippen LogP contribution in [0.4, 0.5) is 0 Å². The van der Waals surface area contributed by atoms with Gasteiger partial charge in [0.1, 0.15) is 4.32 Å². The lowest BCUT2D eigenvalue weighted by Gasteiger charge is -2.19. The van der Waals surface area contributed by atoms with Crippen molar-refractivity contribution in [3.63, 3.8) is 0 Å². The lowest BCUT2D eigenvalue weighted by atomic mass is 10.2. The Hall–Kier alpha value is -0.940. The van der Waals surface area contributed by atoms with Gasteiger partial charge in [0.25, 0.3) is 5.91 Å². The summed E-state index contributed by atoms with van der Waals surface area (Å²) in [5.41, 5.74) is 1.10. The fraction of sp³-hybridized carbons (Fsp3) is 0.571. The number of thiocarbonyl (C=S) groups is 1. The Labute approximate surface area is 151 Å². The van der Waals surface area contributed by atoms with Gasteiger partial charge in [-0.15, -0.1) is 0 Å². The Kier molecular flexibility index (Phi) is 6.81. The monoisotopic (exact) mass is 392 g/mol. The average molecular weight is 393 g/mol. The number of hydrogen-bond acceptors (Lipinski definition) is 7. The number of likely N-dealkylation sites (tertiary alicyclic amines) is 1. The third-order valence-corrected chi connectivity index (χ3v) is 5.55. The highest BCUT2D eigenvalue weighted by Crippen LogP contribution is 2.31. The van der Waals surface area contributed by atoms with Crippen LogP contribution < -0.4 is 0 Å². The third-order valence-electron chi connectivity index (χ3n) is 3.69. The van der Waals surface area contributed by atoms with E-state index < -0.39 is 10.4 Å². The van der Waals surface area contributed by atoms with Crippen LogP contribution in [-0.2, 0) is 19.4 Å². The maximum atomic E-state index is 12.1. The molecule has 2 saturated heterocycles. The molecule has 0 aromatic rings. The molecule has 0 atom stereocenters. The molecule has 0 saturated carbocycles. The number of nitrogens with zero attached hydrogens (tertiary/aromatic N) is 2. The Morgan fingerprint density at radius 1 is 1.42 bits per heavy atom. The molecule has 0 bridgehead atoms. The van der Waals surface area contributed by atoms with Crippen LogP contribution >= 0.6 is 24.0 Å². The lowest BCUT2D eigenvalue weighted by Crippen LogP contribution is -2.27. The maximum Gasteiger partial charge on any atom is 0.397 e. The van der Waals surface area contributed by atoms with Crippen LogP contribution in [0.2, 0.25) is 0 Å². The molecule has 1 N–H and O–H groups in total. The molecule has 7 nitrogen and oxygen atoms in total. The fourth-order valence-corrected chi connectivity index (χ4v) is 4.23. The van der Waals surface area contributed by atoms with Crippen LogP contribution in [0.3, 0.4) is 0 Å². The van der Waals surface area contributed by atoms with E-state index in [0.717, 1.165) is 25.1 Å². The van der Waals surface area contributed by atoms with Crippen LogP contribution in [0.1, 0.15) is 26.2 Å². The van der Waals surface area contributed by atoms with Crippen molar-refractivity contribution in [3.8, 4) is 0 Å². The summed E-state index contributed by atoms with van der Waals surface area (Å²) in [7, 11) is -4.37. The quantitative estimate of drug-likeness (QED) is 0.304. The minimum Gasteiger partial charge on any atom is -0.375 e. The third kappa shape index (κ3) is 5.28. The van der Waals surface area contributed by atoms with E-state index in [9.17, 15) is 13.2 Å². The molecular weight excluding hydrogens is 372 g/mol. The van der Waals surface area contributed by atoms with Crippen LogP contribution in [-0.4, -0.2) is 59.2 Å². The van der Waals surface area contributed by atoms with Crippen LogP contribution in [0.25, 0.3) is 0 Å². The van der Waals surface area contributed by atoms with Gasteiger partial charge in [-0.1, -0.05) is 24.0 Å². The van der Waals surface area contributed by atoms with Crippen molar-refractivity contribution in [3.05, 3.63) is 22.8 Å². The minimum absolute atomic E-state index is 0.0578. The summed E-state index contributed by atoms with van der Waals surface area (Å²) in [4.78, 5) is 16.5. The first-order valence-corrected chi connectivity index (χ1v) is 10.2. The normalized spacial score (nSPS) is 22.4. The zero-order chi connectivity index (χ0) is 17.7. The predicted octanol–water partition coefficient (Wildman–Crippen LogP) is 1.94. The molecule has 24 heavy (non-hydrogen) atoms. The average Bonchev–Trinajstić information content (AvgIpc) is 3.05.